The van der Waals surface area contributed by atoms with Crippen molar-refractivity contribution in [2.45, 2.75) is 32.6 Å². The summed E-state index contributed by atoms with van der Waals surface area (Å²) >= 11 is 0. The first kappa shape index (κ1) is 10.7. The van der Waals surface area contributed by atoms with E-state index in [-0.39, 0.29) is 5.92 Å². The molecule has 0 bridgehead atoms. The van der Waals surface area contributed by atoms with Crippen molar-refractivity contribution in [3.63, 3.8) is 0 Å². The molecule has 0 N–H and O–H groups in total. The molecule has 1 aromatic heterocycles. The van der Waals surface area contributed by atoms with E-state index >= 15 is 0 Å². The van der Waals surface area contributed by atoms with E-state index in [4.69, 9.17) is 5.26 Å². The smallest absolute Gasteiger partial charge is 0.0655 e. The molecule has 2 nitrogen and oxygen atoms in total. The molecule has 0 saturated heterocycles. The zero-order valence-electron chi connectivity index (χ0n) is 8.77. The maximum Gasteiger partial charge on any atom is 0.0655 e. The number of hydrogen-bond donors (Lipinski definition) is 0. The van der Waals surface area contributed by atoms with Crippen LogP contribution in [0.2, 0.25) is 0 Å². The third kappa shape index (κ3) is 2.85. The Hall–Kier alpha value is -1.36. The molecule has 0 aliphatic carbocycles. The van der Waals surface area contributed by atoms with E-state index < -0.39 is 0 Å². The van der Waals surface area contributed by atoms with Crippen LogP contribution in [0.15, 0.2) is 24.5 Å². The van der Waals surface area contributed by atoms with E-state index in [0.29, 0.717) is 5.92 Å². The van der Waals surface area contributed by atoms with Crippen LogP contribution in [0, 0.1) is 17.2 Å². The van der Waals surface area contributed by atoms with Crippen LogP contribution < -0.4 is 0 Å². The number of nitrogens with zero attached hydrogens (tertiary/aromatic N) is 2. The molecule has 14 heavy (non-hydrogen) atoms. The van der Waals surface area contributed by atoms with Crippen molar-refractivity contribution in [1.82, 2.24) is 4.98 Å². The first-order chi connectivity index (χ1) is 6.77. The fourth-order valence-corrected chi connectivity index (χ4v) is 1.54. The SMILES string of the molecule is CCC(C#N)CC(C)c1cccnc1. The van der Waals surface area contributed by atoms with Crippen molar-refractivity contribution < 1.29 is 0 Å². The first-order valence-corrected chi connectivity index (χ1v) is 5.07. The van der Waals surface area contributed by atoms with Crippen molar-refractivity contribution in [3.05, 3.63) is 30.1 Å². The summed E-state index contributed by atoms with van der Waals surface area (Å²) in [5, 5.41) is 8.86. The van der Waals surface area contributed by atoms with Gasteiger partial charge in [0.15, 0.2) is 0 Å². The van der Waals surface area contributed by atoms with Crippen molar-refractivity contribution in [2.75, 3.05) is 0 Å². The van der Waals surface area contributed by atoms with Gasteiger partial charge in [-0.3, -0.25) is 4.98 Å². The highest BCUT2D eigenvalue weighted by molar-refractivity contribution is 5.14. The van der Waals surface area contributed by atoms with Crippen LogP contribution in [0.1, 0.15) is 38.2 Å². The average molecular weight is 188 g/mol. The highest BCUT2D eigenvalue weighted by atomic mass is 14.6. The van der Waals surface area contributed by atoms with Gasteiger partial charge in [0, 0.05) is 18.3 Å². The molecular weight excluding hydrogens is 172 g/mol. The lowest BCUT2D eigenvalue weighted by molar-refractivity contribution is 0.525. The largest absolute Gasteiger partial charge is 0.264 e. The summed E-state index contributed by atoms with van der Waals surface area (Å²) < 4.78 is 0. The molecule has 0 spiro atoms. The maximum atomic E-state index is 8.86. The van der Waals surface area contributed by atoms with Crippen molar-refractivity contribution in [1.29, 1.82) is 5.26 Å². The number of aromatic nitrogens is 1. The normalized spacial score (nSPS) is 14.4. The van der Waals surface area contributed by atoms with Gasteiger partial charge in [-0.05, 0) is 30.4 Å². The molecule has 0 aliphatic rings. The Morgan fingerprint density at radius 3 is 2.86 bits per heavy atom. The Bertz CT molecular complexity index is 300. The van der Waals surface area contributed by atoms with E-state index in [1.54, 1.807) is 6.20 Å². The lowest BCUT2D eigenvalue weighted by Gasteiger charge is -2.13. The van der Waals surface area contributed by atoms with Gasteiger partial charge in [-0.15, -0.1) is 0 Å². The van der Waals surface area contributed by atoms with E-state index in [1.165, 1.54) is 5.56 Å². The van der Waals surface area contributed by atoms with Crippen molar-refractivity contribution in [2.24, 2.45) is 5.92 Å². The van der Waals surface area contributed by atoms with Gasteiger partial charge in [-0.25, -0.2) is 0 Å². The minimum absolute atomic E-state index is 0.171. The number of nitriles is 1. The summed E-state index contributed by atoms with van der Waals surface area (Å²) in [6.45, 7) is 4.21. The molecule has 0 amide bonds. The average Bonchev–Trinajstić information content (AvgIpc) is 2.26. The third-order valence-electron chi connectivity index (χ3n) is 2.57. The standard InChI is InChI=1S/C12H16N2/c1-3-11(8-13)7-10(2)12-5-4-6-14-9-12/h4-6,9-11H,3,7H2,1-2H3. The van der Waals surface area contributed by atoms with Gasteiger partial charge in [0.05, 0.1) is 6.07 Å². The van der Waals surface area contributed by atoms with Gasteiger partial charge in [0.25, 0.3) is 0 Å². The Morgan fingerprint density at radius 1 is 1.57 bits per heavy atom. The Balaban J connectivity index is 2.59. The molecule has 0 aliphatic heterocycles. The minimum Gasteiger partial charge on any atom is -0.264 e. The first-order valence-electron chi connectivity index (χ1n) is 5.07. The summed E-state index contributed by atoms with van der Waals surface area (Å²) in [5.74, 6) is 0.596. The summed E-state index contributed by atoms with van der Waals surface area (Å²) in [7, 11) is 0. The Kier molecular flexibility index (Phi) is 4.12. The van der Waals surface area contributed by atoms with Crippen LogP contribution in [0.3, 0.4) is 0 Å². The van der Waals surface area contributed by atoms with Gasteiger partial charge in [0.2, 0.25) is 0 Å². The molecule has 1 heterocycles. The van der Waals surface area contributed by atoms with Gasteiger partial charge in [0.1, 0.15) is 0 Å². The van der Waals surface area contributed by atoms with Gasteiger partial charge in [-0.2, -0.15) is 5.26 Å². The van der Waals surface area contributed by atoms with E-state index in [1.807, 2.05) is 12.3 Å². The van der Waals surface area contributed by atoms with Crippen LogP contribution in [0.5, 0.6) is 0 Å². The number of rotatable bonds is 4. The topological polar surface area (TPSA) is 36.7 Å². The molecule has 1 rings (SSSR count). The summed E-state index contributed by atoms with van der Waals surface area (Å²) in [6, 6.07) is 6.35. The molecular formula is C12H16N2. The van der Waals surface area contributed by atoms with Crippen molar-refractivity contribution in [3.8, 4) is 6.07 Å². The molecule has 74 valence electrons. The fourth-order valence-electron chi connectivity index (χ4n) is 1.54. The predicted octanol–water partition coefficient (Wildman–Crippen LogP) is 3.12. The Labute approximate surface area is 85.6 Å². The second kappa shape index (κ2) is 5.39. The van der Waals surface area contributed by atoms with Gasteiger partial charge in [-0.1, -0.05) is 19.9 Å². The molecule has 0 fully saturated rings. The highest BCUT2D eigenvalue weighted by Gasteiger charge is 2.12. The van der Waals surface area contributed by atoms with E-state index in [0.717, 1.165) is 12.8 Å². The summed E-state index contributed by atoms with van der Waals surface area (Å²) in [4.78, 5) is 4.08. The lowest BCUT2D eigenvalue weighted by atomic mass is 9.90. The second-order valence-corrected chi connectivity index (χ2v) is 3.66. The van der Waals surface area contributed by atoms with Crippen LogP contribution >= 0.6 is 0 Å². The van der Waals surface area contributed by atoms with E-state index in [9.17, 15) is 0 Å². The van der Waals surface area contributed by atoms with E-state index in [2.05, 4.69) is 31.0 Å². The lowest BCUT2D eigenvalue weighted by Crippen LogP contribution is -2.02. The Morgan fingerprint density at radius 2 is 2.36 bits per heavy atom. The quantitative estimate of drug-likeness (QED) is 0.727. The molecule has 2 heteroatoms. The fraction of sp³-hybridized carbons (Fsp3) is 0.500. The summed E-state index contributed by atoms with van der Waals surface area (Å²) in [5.41, 5.74) is 1.22. The van der Waals surface area contributed by atoms with Crippen LogP contribution in [-0.2, 0) is 0 Å². The zero-order valence-corrected chi connectivity index (χ0v) is 8.77. The second-order valence-electron chi connectivity index (χ2n) is 3.66. The minimum atomic E-state index is 0.171. The molecule has 0 aromatic carbocycles. The number of hydrogen-bond acceptors (Lipinski definition) is 2. The highest BCUT2D eigenvalue weighted by Crippen LogP contribution is 2.23. The molecule has 0 radical (unpaired) electrons. The molecule has 0 saturated carbocycles. The van der Waals surface area contributed by atoms with Gasteiger partial charge >= 0.3 is 0 Å². The van der Waals surface area contributed by atoms with Gasteiger partial charge < -0.3 is 0 Å². The molecule has 2 unspecified atom stereocenters. The number of pyridine rings is 1. The molecule has 1 aromatic rings. The molecule has 2 atom stereocenters. The van der Waals surface area contributed by atoms with Crippen LogP contribution in [-0.4, -0.2) is 4.98 Å². The predicted molar refractivity (Wildman–Crippen MR) is 56.7 cm³/mol. The van der Waals surface area contributed by atoms with Crippen molar-refractivity contribution >= 4 is 0 Å². The third-order valence-corrected chi connectivity index (χ3v) is 2.57. The summed E-state index contributed by atoms with van der Waals surface area (Å²) in [6.07, 6.45) is 5.52. The monoisotopic (exact) mass is 188 g/mol. The van der Waals surface area contributed by atoms with Crippen LogP contribution in [0.4, 0.5) is 0 Å². The zero-order chi connectivity index (χ0) is 10.4. The maximum absolute atomic E-state index is 8.86. The van der Waals surface area contributed by atoms with Crippen LogP contribution in [0.25, 0.3) is 0 Å².